The number of rotatable bonds is 6. The van der Waals surface area contributed by atoms with Gasteiger partial charge in [0.1, 0.15) is 0 Å². The molecule has 0 amide bonds. The van der Waals surface area contributed by atoms with E-state index >= 15 is 0 Å². The topological polar surface area (TPSA) is 27.7 Å². The fourth-order valence-electron chi connectivity index (χ4n) is 1.22. The summed E-state index contributed by atoms with van der Waals surface area (Å²) in [6.07, 6.45) is 0.910. The highest BCUT2D eigenvalue weighted by Crippen LogP contribution is 2.25. The largest absolute Gasteiger partial charge is 0.380 e. The van der Waals surface area contributed by atoms with Gasteiger partial charge in [0, 0.05) is 20.1 Å². The highest BCUT2D eigenvalue weighted by molar-refractivity contribution is 7.80. The van der Waals surface area contributed by atoms with Crippen molar-refractivity contribution in [3.05, 3.63) is 0 Å². The second-order valence-electron chi connectivity index (χ2n) is 2.63. The Morgan fingerprint density at radius 3 is 2.17 bits per heavy atom. The Kier molecular flexibility index (Phi) is 6.21. The Labute approximate surface area is 82.7 Å². The van der Waals surface area contributed by atoms with Crippen molar-refractivity contribution >= 4 is 23.1 Å². The summed E-state index contributed by atoms with van der Waals surface area (Å²) in [6, 6.07) is 0. The van der Waals surface area contributed by atoms with Gasteiger partial charge in [-0.15, -0.1) is 0 Å². The lowest BCUT2D eigenvalue weighted by Crippen LogP contribution is -2.43. The van der Waals surface area contributed by atoms with Crippen molar-refractivity contribution in [3.63, 3.8) is 0 Å². The van der Waals surface area contributed by atoms with Gasteiger partial charge in [-0.1, -0.05) is 6.92 Å². The van der Waals surface area contributed by atoms with Gasteiger partial charge in [0.05, 0.1) is 0 Å². The quantitative estimate of drug-likeness (QED) is 0.385. The molecule has 0 N–H and O–H groups in total. The molecule has 0 aliphatic heterocycles. The Morgan fingerprint density at radius 1 is 1.42 bits per heavy atom. The van der Waals surface area contributed by atoms with E-state index in [0.717, 1.165) is 12.2 Å². The van der Waals surface area contributed by atoms with Crippen LogP contribution in [0.2, 0.25) is 0 Å². The molecule has 3 nitrogen and oxygen atoms in total. The van der Waals surface area contributed by atoms with Gasteiger partial charge in [-0.05, 0) is 12.2 Å². The van der Waals surface area contributed by atoms with E-state index in [9.17, 15) is 0 Å². The lowest BCUT2D eigenvalue weighted by Gasteiger charge is -2.34. The first-order chi connectivity index (χ1) is 5.66. The van der Waals surface area contributed by atoms with Crippen molar-refractivity contribution in [2.75, 3.05) is 20.0 Å². The molecular weight excluding hydrogens is 192 g/mol. The molecule has 0 aromatic rings. The zero-order valence-corrected chi connectivity index (χ0v) is 11.1. The molecule has 0 rings (SSSR count). The number of hydrogen-bond acceptors (Lipinski definition) is 4. The predicted molar refractivity (Wildman–Crippen MR) is 55.4 cm³/mol. The maximum absolute atomic E-state index is 5.31. The first-order valence-electron chi connectivity index (χ1n) is 3.93. The maximum atomic E-state index is 5.31. The third-order valence-electron chi connectivity index (χ3n) is 2.02. The monoisotopic (exact) mass is 210 g/mol. The summed E-state index contributed by atoms with van der Waals surface area (Å²) in [5, 5.41) is 0. The second-order valence-corrected chi connectivity index (χ2v) is 3.48. The molecule has 1 atom stereocenters. The van der Waals surface area contributed by atoms with E-state index in [1.807, 2.05) is 6.92 Å². The van der Waals surface area contributed by atoms with Gasteiger partial charge in [-0.3, -0.25) is 0 Å². The number of thiol groups is 1. The molecule has 0 bridgehead atoms. The van der Waals surface area contributed by atoms with Crippen molar-refractivity contribution in [2.24, 2.45) is 5.92 Å². The summed E-state index contributed by atoms with van der Waals surface area (Å²) in [6.45, 7) is 2.03. The van der Waals surface area contributed by atoms with Crippen LogP contribution in [0, 0.1) is 5.92 Å². The van der Waals surface area contributed by atoms with Gasteiger partial charge >= 0.3 is 0 Å². The van der Waals surface area contributed by atoms with Crippen LogP contribution in [-0.2, 0) is 13.9 Å². The summed E-state index contributed by atoms with van der Waals surface area (Å²) in [4.78, 5) is 0. The predicted octanol–water partition coefficient (Wildman–Crippen LogP) is 0.186. The molecule has 0 aromatic heterocycles. The smallest absolute Gasteiger partial charge is 0.274 e. The Bertz CT molecular complexity index is 111. The van der Waals surface area contributed by atoms with E-state index in [-0.39, 0.29) is 5.92 Å². The third kappa shape index (κ3) is 2.74. The lowest BCUT2D eigenvalue weighted by atomic mass is 10.1. The van der Waals surface area contributed by atoms with Crippen LogP contribution < -0.4 is 0 Å². The fourth-order valence-corrected chi connectivity index (χ4v) is 2.35. The van der Waals surface area contributed by atoms with E-state index in [1.165, 1.54) is 0 Å². The van der Waals surface area contributed by atoms with Gasteiger partial charge in [0.2, 0.25) is 0 Å². The molecule has 0 aliphatic carbocycles. The molecule has 0 heterocycles. The Morgan fingerprint density at radius 2 is 1.92 bits per heavy atom. The number of hydrogen-bond donors (Lipinski definition) is 1. The molecule has 0 saturated carbocycles. The van der Waals surface area contributed by atoms with Crippen molar-refractivity contribution < 1.29 is 13.9 Å². The van der Waals surface area contributed by atoms with Gasteiger partial charge in [0.25, 0.3) is 5.97 Å². The zero-order valence-electron chi connectivity index (χ0n) is 8.16. The molecular formula is C7H18O3SSi. The van der Waals surface area contributed by atoms with Crippen LogP contribution in [0.1, 0.15) is 13.3 Å². The van der Waals surface area contributed by atoms with E-state index in [1.54, 1.807) is 14.2 Å². The molecule has 0 radical (unpaired) electrons. The third-order valence-corrected chi connectivity index (χ3v) is 2.85. The van der Waals surface area contributed by atoms with E-state index < -0.39 is 5.97 Å². The molecule has 0 aromatic carbocycles. The molecule has 0 aliphatic rings. The van der Waals surface area contributed by atoms with E-state index in [0.29, 0.717) is 10.5 Å². The van der Waals surface area contributed by atoms with Crippen molar-refractivity contribution in [3.8, 4) is 0 Å². The summed E-state index contributed by atoms with van der Waals surface area (Å²) in [5.41, 5.74) is 0. The van der Waals surface area contributed by atoms with Crippen LogP contribution in [-0.4, -0.2) is 36.4 Å². The molecule has 0 fully saturated rings. The van der Waals surface area contributed by atoms with Crippen molar-refractivity contribution in [1.82, 2.24) is 0 Å². The highest BCUT2D eigenvalue weighted by Gasteiger charge is 2.35. The summed E-state index contributed by atoms with van der Waals surface area (Å²) < 4.78 is 15.7. The standard InChI is InChI=1S/C7H18O3SSi/c1-6(4-5-11)7(8-2,9-3)10-12/h6,11H,4-5H2,1-3,12H3. The first kappa shape index (κ1) is 12.4. The average molecular weight is 210 g/mol. The fraction of sp³-hybridized carbons (Fsp3) is 1.00. The van der Waals surface area contributed by atoms with Gasteiger partial charge < -0.3 is 13.9 Å². The number of methoxy groups -OCH3 is 2. The van der Waals surface area contributed by atoms with Crippen LogP contribution in [0.25, 0.3) is 0 Å². The van der Waals surface area contributed by atoms with Gasteiger partial charge in [-0.2, -0.15) is 12.6 Å². The highest BCUT2D eigenvalue weighted by atomic mass is 32.1. The van der Waals surface area contributed by atoms with Crippen LogP contribution in [0.3, 0.4) is 0 Å². The second kappa shape index (κ2) is 5.99. The Balaban J connectivity index is 4.24. The van der Waals surface area contributed by atoms with Crippen LogP contribution >= 0.6 is 12.6 Å². The van der Waals surface area contributed by atoms with E-state index in [2.05, 4.69) is 12.6 Å². The molecule has 1 unspecified atom stereocenters. The van der Waals surface area contributed by atoms with Crippen LogP contribution in [0.5, 0.6) is 0 Å². The SMILES string of the molecule is COC(OC)(O[SiH3])C(C)CCS. The normalized spacial score (nSPS) is 15.0. The Hall–Kier alpha value is 0.447. The molecule has 5 heteroatoms. The van der Waals surface area contributed by atoms with Crippen LogP contribution in [0.4, 0.5) is 0 Å². The van der Waals surface area contributed by atoms with Crippen LogP contribution in [0.15, 0.2) is 0 Å². The van der Waals surface area contributed by atoms with Gasteiger partial charge in [0.15, 0.2) is 10.5 Å². The maximum Gasteiger partial charge on any atom is 0.274 e. The molecule has 0 spiro atoms. The summed E-state index contributed by atoms with van der Waals surface area (Å²) >= 11 is 4.15. The minimum Gasteiger partial charge on any atom is -0.380 e. The average Bonchev–Trinajstić information content (AvgIpc) is 2.09. The summed E-state index contributed by atoms with van der Waals surface area (Å²) in [5.74, 6) is 0.151. The van der Waals surface area contributed by atoms with E-state index in [4.69, 9.17) is 13.9 Å². The summed E-state index contributed by atoms with van der Waals surface area (Å²) in [7, 11) is 3.78. The zero-order chi connectivity index (χ0) is 9.61. The lowest BCUT2D eigenvalue weighted by molar-refractivity contribution is -0.347. The van der Waals surface area contributed by atoms with Gasteiger partial charge in [-0.25, -0.2) is 0 Å². The minimum atomic E-state index is -0.852. The first-order valence-corrected chi connectivity index (χ1v) is 5.38. The minimum absolute atomic E-state index is 0.197. The van der Waals surface area contributed by atoms with Crippen molar-refractivity contribution in [1.29, 1.82) is 0 Å². The molecule has 12 heavy (non-hydrogen) atoms. The molecule has 74 valence electrons. The van der Waals surface area contributed by atoms with Crippen molar-refractivity contribution in [2.45, 2.75) is 19.3 Å². The molecule has 0 saturated heterocycles. The number of ether oxygens (including phenoxy) is 2.